The molecule has 0 bridgehead atoms. The number of carbonyl (C=O) groups excluding carboxylic acids is 1. The largest absolute Gasteiger partial charge is 0.497 e. The van der Waals surface area contributed by atoms with Crippen LogP contribution >= 0.6 is 0 Å². The van der Waals surface area contributed by atoms with Gasteiger partial charge in [0, 0.05) is 30.8 Å². The summed E-state index contributed by atoms with van der Waals surface area (Å²) in [6, 6.07) is 5.10. The van der Waals surface area contributed by atoms with Crippen LogP contribution in [-0.2, 0) is 9.53 Å². The zero-order valence-corrected chi connectivity index (χ0v) is 14.3. The Labute approximate surface area is 148 Å². The van der Waals surface area contributed by atoms with Crippen LogP contribution in [0.2, 0.25) is 0 Å². The van der Waals surface area contributed by atoms with Crippen molar-refractivity contribution < 1.29 is 23.9 Å². The number of imidazole rings is 1. The molecule has 1 aliphatic heterocycles. The van der Waals surface area contributed by atoms with Gasteiger partial charge in [0.25, 0.3) is 0 Å². The topological polar surface area (TPSA) is 118 Å². The maximum absolute atomic E-state index is 12.2. The Kier molecular flexibility index (Phi) is 4.48. The number of esters is 1. The van der Waals surface area contributed by atoms with Crippen molar-refractivity contribution in [2.75, 3.05) is 26.1 Å². The van der Waals surface area contributed by atoms with Gasteiger partial charge in [-0.25, -0.2) is 9.78 Å². The minimum Gasteiger partial charge on any atom is -0.497 e. The molecule has 0 aliphatic carbocycles. The van der Waals surface area contributed by atoms with E-state index in [1.165, 1.54) is 14.2 Å². The van der Waals surface area contributed by atoms with Gasteiger partial charge in [-0.3, -0.25) is 0 Å². The van der Waals surface area contributed by atoms with E-state index in [-0.39, 0.29) is 18.1 Å². The Bertz CT molecular complexity index is 895. The van der Waals surface area contributed by atoms with Crippen molar-refractivity contribution in [3.05, 3.63) is 46.0 Å². The van der Waals surface area contributed by atoms with E-state index < -0.39 is 10.9 Å². The third-order valence-electron chi connectivity index (χ3n) is 3.80. The van der Waals surface area contributed by atoms with Gasteiger partial charge >= 0.3 is 11.8 Å². The molecule has 10 heteroatoms. The molecule has 10 nitrogen and oxygen atoms in total. The maximum Gasteiger partial charge on any atom is 0.381 e. The number of rotatable bonds is 6. The number of methoxy groups -OCH3 is 2. The van der Waals surface area contributed by atoms with Gasteiger partial charge in [0.1, 0.15) is 30.0 Å². The summed E-state index contributed by atoms with van der Waals surface area (Å²) in [6.07, 6.45) is 1.10. The van der Waals surface area contributed by atoms with E-state index >= 15 is 0 Å². The van der Waals surface area contributed by atoms with Crippen LogP contribution in [0.3, 0.4) is 0 Å². The number of nitrogens with zero attached hydrogens (tertiary/aromatic N) is 3. The number of anilines is 1. The Morgan fingerprint density at radius 3 is 2.50 bits per heavy atom. The van der Waals surface area contributed by atoms with E-state index in [4.69, 9.17) is 14.2 Å². The summed E-state index contributed by atoms with van der Waals surface area (Å²) in [4.78, 5) is 26.8. The van der Waals surface area contributed by atoms with Crippen LogP contribution in [0.25, 0.3) is 5.70 Å². The van der Waals surface area contributed by atoms with E-state index in [0.29, 0.717) is 28.7 Å². The van der Waals surface area contributed by atoms with Gasteiger partial charge < -0.3 is 29.6 Å². The third-order valence-corrected chi connectivity index (χ3v) is 3.80. The first kappa shape index (κ1) is 17.3. The average molecular weight is 360 g/mol. The summed E-state index contributed by atoms with van der Waals surface area (Å²) in [5, 5.41) is 14.3. The summed E-state index contributed by atoms with van der Waals surface area (Å²) >= 11 is 0. The van der Waals surface area contributed by atoms with Crippen LogP contribution in [0.4, 0.5) is 11.5 Å². The van der Waals surface area contributed by atoms with Crippen LogP contribution in [0.1, 0.15) is 5.82 Å². The fraction of sp³-hybridized carbons (Fsp3) is 0.250. The lowest BCUT2D eigenvalue weighted by atomic mass is 10.2. The molecule has 0 saturated heterocycles. The molecule has 0 atom stereocenters. The van der Waals surface area contributed by atoms with Gasteiger partial charge in [-0.05, 0) is 4.92 Å². The van der Waals surface area contributed by atoms with Crippen molar-refractivity contribution >= 4 is 23.2 Å². The van der Waals surface area contributed by atoms with Gasteiger partial charge in [0.15, 0.2) is 5.82 Å². The van der Waals surface area contributed by atoms with Crippen LogP contribution < -0.4 is 14.8 Å². The van der Waals surface area contributed by atoms with Crippen molar-refractivity contribution in [1.29, 1.82) is 0 Å². The highest BCUT2D eigenvalue weighted by Gasteiger charge is 2.36. The first-order chi connectivity index (χ1) is 12.4. The zero-order valence-electron chi connectivity index (χ0n) is 14.3. The Morgan fingerprint density at radius 2 is 1.92 bits per heavy atom. The molecule has 2 aromatic rings. The Hall–Kier alpha value is -3.56. The lowest BCUT2D eigenvalue weighted by Gasteiger charge is -2.11. The molecule has 2 heterocycles. The van der Waals surface area contributed by atoms with Gasteiger partial charge in [0.05, 0.1) is 14.2 Å². The molecule has 1 aromatic carbocycles. The normalized spacial score (nSPS) is 13.6. The van der Waals surface area contributed by atoms with E-state index in [2.05, 4.69) is 10.3 Å². The highest BCUT2D eigenvalue weighted by atomic mass is 16.6. The number of nitrogens with one attached hydrogen (secondary N) is 1. The number of hydrogen-bond acceptors (Lipinski definition) is 8. The van der Waals surface area contributed by atoms with Crippen molar-refractivity contribution in [3.8, 4) is 11.5 Å². The van der Waals surface area contributed by atoms with Crippen LogP contribution in [0.5, 0.6) is 11.5 Å². The predicted octanol–water partition coefficient (Wildman–Crippen LogP) is 1.95. The van der Waals surface area contributed by atoms with Crippen molar-refractivity contribution in [1.82, 2.24) is 9.55 Å². The number of aryl methyl sites for hydroxylation is 1. The third kappa shape index (κ3) is 3.04. The fourth-order valence-corrected chi connectivity index (χ4v) is 2.61. The highest BCUT2D eigenvalue weighted by molar-refractivity contribution is 6.14. The summed E-state index contributed by atoms with van der Waals surface area (Å²) in [7, 11) is 3.04. The molecule has 1 aliphatic rings. The number of hydrogen-bond donors (Lipinski definition) is 1. The molecule has 3 rings (SSSR count). The second-order valence-corrected chi connectivity index (χ2v) is 5.39. The second kappa shape index (κ2) is 6.75. The van der Waals surface area contributed by atoms with Crippen molar-refractivity contribution in [2.24, 2.45) is 0 Å². The molecule has 0 unspecified atom stereocenters. The van der Waals surface area contributed by atoms with Crippen molar-refractivity contribution in [3.63, 3.8) is 0 Å². The fourth-order valence-electron chi connectivity index (χ4n) is 2.61. The lowest BCUT2D eigenvalue weighted by Crippen LogP contribution is -2.12. The number of nitro groups is 1. The molecular formula is C16H16N4O6. The number of benzene rings is 1. The first-order valence-corrected chi connectivity index (χ1v) is 7.54. The molecular weight excluding hydrogens is 344 g/mol. The number of aromatic nitrogens is 2. The zero-order chi connectivity index (χ0) is 18.8. The standard InChI is InChI=1S/C16H16N4O6/c1-9-17-7-14(20(22)23)19(9)15-13(8-26-16(15)21)18-10-4-11(24-2)6-12(5-10)25-3/h4-7,18H,8H2,1-3H3. The van der Waals surface area contributed by atoms with E-state index in [1.807, 2.05) is 0 Å². The summed E-state index contributed by atoms with van der Waals surface area (Å²) in [5.74, 6) is 0.395. The van der Waals surface area contributed by atoms with Crippen LogP contribution in [0, 0.1) is 17.0 Å². The second-order valence-electron chi connectivity index (χ2n) is 5.39. The Morgan fingerprint density at radius 1 is 1.27 bits per heavy atom. The van der Waals surface area contributed by atoms with Crippen LogP contribution in [0.15, 0.2) is 30.1 Å². The molecule has 0 amide bonds. The Balaban J connectivity index is 2.07. The minimum absolute atomic E-state index is 0.0217. The van der Waals surface area contributed by atoms with Gasteiger partial charge in [-0.2, -0.15) is 4.57 Å². The smallest absolute Gasteiger partial charge is 0.381 e. The molecule has 1 aromatic heterocycles. The molecule has 0 spiro atoms. The summed E-state index contributed by atoms with van der Waals surface area (Å²) in [5.41, 5.74) is 0.968. The SMILES string of the molecule is COc1cc(NC2=C(n3c([N+](=O)[O-])cnc3C)C(=O)OC2)cc(OC)c1. The van der Waals surface area contributed by atoms with E-state index in [0.717, 1.165) is 10.8 Å². The number of cyclic esters (lactones) is 1. The van der Waals surface area contributed by atoms with Crippen molar-refractivity contribution in [2.45, 2.75) is 6.92 Å². The molecule has 136 valence electrons. The molecule has 0 saturated carbocycles. The summed E-state index contributed by atoms with van der Waals surface area (Å²) < 4.78 is 16.7. The number of ether oxygens (including phenoxy) is 3. The maximum atomic E-state index is 12.2. The minimum atomic E-state index is -0.674. The molecule has 1 N–H and O–H groups in total. The quantitative estimate of drug-likeness (QED) is 0.472. The van der Waals surface area contributed by atoms with E-state index in [9.17, 15) is 14.9 Å². The predicted molar refractivity (Wildman–Crippen MR) is 91.0 cm³/mol. The molecule has 0 fully saturated rings. The van der Waals surface area contributed by atoms with Gasteiger partial charge in [-0.15, -0.1) is 0 Å². The first-order valence-electron chi connectivity index (χ1n) is 7.54. The monoisotopic (exact) mass is 360 g/mol. The number of carbonyl (C=O) groups is 1. The molecule has 0 radical (unpaired) electrons. The average Bonchev–Trinajstić information content (AvgIpc) is 3.16. The highest BCUT2D eigenvalue weighted by Crippen LogP contribution is 2.31. The van der Waals surface area contributed by atoms with E-state index in [1.54, 1.807) is 25.1 Å². The van der Waals surface area contributed by atoms with Gasteiger partial charge in [-0.1, -0.05) is 0 Å². The summed E-state index contributed by atoms with van der Waals surface area (Å²) in [6.45, 7) is 1.51. The molecule has 26 heavy (non-hydrogen) atoms. The lowest BCUT2D eigenvalue weighted by molar-refractivity contribution is -0.390. The van der Waals surface area contributed by atoms with Crippen LogP contribution in [-0.4, -0.2) is 41.3 Å². The van der Waals surface area contributed by atoms with Gasteiger partial charge in [0.2, 0.25) is 5.70 Å².